The minimum atomic E-state index is -0.492. The molecule has 1 aliphatic heterocycles. The van der Waals surface area contributed by atoms with Crippen LogP contribution in [0.4, 0.5) is 15.9 Å². The molecule has 4 rings (SSSR count). The molecule has 2 heterocycles. The monoisotopic (exact) mass is 374 g/mol. The normalized spacial score (nSPS) is 18.0. The highest BCUT2D eigenvalue weighted by atomic mass is 35.5. The molecule has 2 aromatic rings. The van der Waals surface area contributed by atoms with Gasteiger partial charge in [0.15, 0.2) is 0 Å². The number of hydrogen-bond acceptors (Lipinski definition) is 4. The summed E-state index contributed by atoms with van der Waals surface area (Å²) in [5.74, 6) is 1.81. The third-order valence-electron chi connectivity index (χ3n) is 4.98. The summed E-state index contributed by atoms with van der Waals surface area (Å²) in [6, 6.07) is 6.15. The Morgan fingerprint density at radius 1 is 1.19 bits per heavy atom. The van der Waals surface area contributed by atoms with Crippen LogP contribution in [0.1, 0.15) is 37.4 Å². The number of hydrogen-bond donors (Lipinski definition) is 1. The molecule has 1 saturated carbocycles. The highest BCUT2D eigenvalue weighted by Gasteiger charge is 2.29. The molecule has 7 heteroatoms. The minimum Gasteiger partial charge on any atom is -0.356 e. The molecule has 0 radical (unpaired) electrons. The molecule has 5 nitrogen and oxygen atoms in total. The highest BCUT2D eigenvalue weighted by molar-refractivity contribution is 6.31. The third kappa shape index (κ3) is 3.80. The highest BCUT2D eigenvalue weighted by Crippen LogP contribution is 2.38. The lowest BCUT2D eigenvalue weighted by Gasteiger charge is -2.32. The summed E-state index contributed by atoms with van der Waals surface area (Å²) in [7, 11) is 0. The third-order valence-corrected chi connectivity index (χ3v) is 5.27. The predicted octanol–water partition coefficient (Wildman–Crippen LogP) is 4.00. The molecule has 26 heavy (non-hydrogen) atoms. The average molecular weight is 375 g/mol. The Balaban J connectivity index is 1.34. The lowest BCUT2D eigenvalue weighted by atomic mass is 9.96. The van der Waals surface area contributed by atoms with Gasteiger partial charge in [0.25, 0.3) is 0 Å². The van der Waals surface area contributed by atoms with Crippen molar-refractivity contribution in [1.82, 2.24) is 9.97 Å². The SMILES string of the molecule is O=C(Nc1ccc(F)c(Cl)c1)C1CCN(c2ccnc(C3CC3)n2)CC1. The summed E-state index contributed by atoms with van der Waals surface area (Å²) in [4.78, 5) is 23.7. The molecule has 0 unspecified atom stereocenters. The molecule has 1 saturated heterocycles. The van der Waals surface area contributed by atoms with Crippen LogP contribution in [-0.2, 0) is 4.79 Å². The van der Waals surface area contributed by atoms with Gasteiger partial charge in [-0.15, -0.1) is 0 Å². The van der Waals surface area contributed by atoms with Crippen LogP contribution in [0.5, 0.6) is 0 Å². The van der Waals surface area contributed by atoms with Gasteiger partial charge in [0.1, 0.15) is 17.5 Å². The first-order valence-electron chi connectivity index (χ1n) is 8.94. The number of aromatic nitrogens is 2. The molecular weight excluding hydrogens is 355 g/mol. The first-order valence-corrected chi connectivity index (χ1v) is 9.32. The van der Waals surface area contributed by atoms with Gasteiger partial charge in [-0.25, -0.2) is 14.4 Å². The van der Waals surface area contributed by atoms with Gasteiger partial charge >= 0.3 is 0 Å². The largest absolute Gasteiger partial charge is 0.356 e. The average Bonchev–Trinajstić information content (AvgIpc) is 3.50. The second kappa shape index (κ2) is 7.19. The summed E-state index contributed by atoms with van der Waals surface area (Å²) in [6.45, 7) is 1.56. The van der Waals surface area contributed by atoms with E-state index in [1.54, 1.807) is 0 Å². The molecule has 1 aromatic heterocycles. The maximum atomic E-state index is 13.2. The standard InChI is InChI=1S/C19H20ClFN4O/c20-15-11-14(3-4-16(15)21)23-19(26)13-6-9-25(10-7-13)17-5-8-22-18(24-17)12-1-2-12/h3-5,8,11-13H,1-2,6-7,9-10H2,(H,23,26). The fourth-order valence-corrected chi connectivity index (χ4v) is 3.45. The summed E-state index contributed by atoms with van der Waals surface area (Å²) >= 11 is 5.76. The maximum absolute atomic E-state index is 13.2. The summed E-state index contributed by atoms with van der Waals surface area (Å²) < 4.78 is 13.2. The predicted molar refractivity (Wildman–Crippen MR) is 99.0 cm³/mol. The second-order valence-electron chi connectivity index (χ2n) is 6.93. The van der Waals surface area contributed by atoms with Crippen LogP contribution in [0.15, 0.2) is 30.5 Å². The van der Waals surface area contributed by atoms with Gasteiger partial charge in [-0.05, 0) is 49.9 Å². The van der Waals surface area contributed by atoms with Gasteiger partial charge in [-0.1, -0.05) is 11.6 Å². The van der Waals surface area contributed by atoms with Gasteiger partial charge in [0.2, 0.25) is 5.91 Å². The number of rotatable bonds is 4. The zero-order valence-corrected chi connectivity index (χ0v) is 15.0. The minimum absolute atomic E-state index is 0.00727. The van der Waals surface area contributed by atoms with Gasteiger partial charge in [0.05, 0.1) is 5.02 Å². The van der Waals surface area contributed by atoms with E-state index < -0.39 is 5.82 Å². The molecule has 136 valence electrons. The molecule has 0 bridgehead atoms. The van der Waals surface area contributed by atoms with E-state index >= 15 is 0 Å². The molecule has 1 N–H and O–H groups in total. The number of piperidine rings is 1. The number of amides is 1. The number of nitrogens with one attached hydrogen (secondary N) is 1. The van der Waals surface area contributed by atoms with Crippen molar-refractivity contribution in [3.63, 3.8) is 0 Å². The van der Waals surface area contributed by atoms with Crippen LogP contribution >= 0.6 is 11.6 Å². The Morgan fingerprint density at radius 2 is 1.96 bits per heavy atom. The fourth-order valence-electron chi connectivity index (χ4n) is 3.27. The number of nitrogens with zero attached hydrogens (tertiary/aromatic N) is 3. The van der Waals surface area contributed by atoms with E-state index in [-0.39, 0.29) is 16.8 Å². The van der Waals surface area contributed by atoms with Crippen molar-refractivity contribution in [2.24, 2.45) is 5.92 Å². The second-order valence-corrected chi connectivity index (χ2v) is 7.33. The van der Waals surface area contributed by atoms with Crippen LogP contribution in [0.25, 0.3) is 0 Å². The Labute approximate surface area is 156 Å². The Morgan fingerprint density at radius 3 is 2.65 bits per heavy atom. The number of benzene rings is 1. The molecular formula is C19H20ClFN4O. The van der Waals surface area contributed by atoms with Gasteiger partial charge in [0, 0.05) is 36.8 Å². The van der Waals surface area contributed by atoms with Crippen molar-refractivity contribution in [2.75, 3.05) is 23.3 Å². The summed E-state index contributed by atoms with van der Waals surface area (Å²) in [6.07, 6.45) is 5.69. The van der Waals surface area contributed by atoms with Crippen LogP contribution in [0.3, 0.4) is 0 Å². The van der Waals surface area contributed by atoms with Crippen molar-refractivity contribution in [2.45, 2.75) is 31.6 Å². The van der Waals surface area contributed by atoms with E-state index in [1.807, 2.05) is 12.3 Å². The van der Waals surface area contributed by atoms with E-state index in [1.165, 1.54) is 31.0 Å². The zero-order valence-electron chi connectivity index (χ0n) is 14.3. The molecule has 2 fully saturated rings. The van der Waals surface area contributed by atoms with Crippen molar-refractivity contribution in [3.8, 4) is 0 Å². The van der Waals surface area contributed by atoms with E-state index in [9.17, 15) is 9.18 Å². The number of anilines is 2. The molecule has 1 aromatic carbocycles. The molecule has 0 atom stereocenters. The zero-order chi connectivity index (χ0) is 18.1. The Hall–Kier alpha value is -2.21. The Bertz CT molecular complexity index is 819. The lowest BCUT2D eigenvalue weighted by molar-refractivity contribution is -0.120. The van der Waals surface area contributed by atoms with Crippen LogP contribution in [0.2, 0.25) is 5.02 Å². The topological polar surface area (TPSA) is 58.1 Å². The molecule has 2 aliphatic rings. The van der Waals surface area contributed by atoms with E-state index in [0.717, 1.165) is 37.6 Å². The smallest absolute Gasteiger partial charge is 0.227 e. The number of halogens is 2. The van der Waals surface area contributed by atoms with Crippen molar-refractivity contribution in [3.05, 3.63) is 47.1 Å². The summed E-state index contributed by atoms with van der Waals surface area (Å²) in [5.41, 5.74) is 0.522. The van der Waals surface area contributed by atoms with Crippen molar-refractivity contribution < 1.29 is 9.18 Å². The number of carbonyl (C=O) groups excluding carboxylic acids is 1. The Kier molecular flexibility index (Phi) is 4.76. The van der Waals surface area contributed by atoms with Gasteiger partial charge < -0.3 is 10.2 Å². The molecule has 1 aliphatic carbocycles. The van der Waals surface area contributed by atoms with Crippen LogP contribution in [0, 0.1) is 11.7 Å². The van der Waals surface area contributed by atoms with Gasteiger partial charge in [-0.2, -0.15) is 0 Å². The van der Waals surface area contributed by atoms with Gasteiger partial charge in [-0.3, -0.25) is 4.79 Å². The molecule has 1 amide bonds. The van der Waals surface area contributed by atoms with E-state index in [2.05, 4.69) is 20.2 Å². The van der Waals surface area contributed by atoms with Crippen LogP contribution < -0.4 is 10.2 Å². The van der Waals surface area contributed by atoms with Crippen molar-refractivity contribution >= 4 is 29.0 Å². The first kappa shape index (κ1) is 17.2. The van der Waals surface area contributed by atoms with E-state index in [4.69, 9.17) is 11.6 Å². The first-order chi connectivity index (χ1) is 12.6. The van der Waals surface area contributed by atoms with E-state index in [0.29, 0.717) is 11.6 Å². The maximum Gasteiger partial charge on any atom is 0.227 e. The quantitative estimate of drug-likeness (QED) is 0.878. The fraction of sp³-hybridized carbons (Fsp3) is 0.421. The van der Waals surface area contributed by atoms with Crippen LogP contribution in [-0.4, -0.2) is 29.0 Å². The van der Waals surface area contributed by atoms with Crippen molar-refractivity contribution in [1.29, 1.82) is 0 Å². The number of carbonyl (C=O) groups is 1. The molecule has 0 spiro atoms. The summed E-state index contributed by atoms with van der Waals surface area (Å²) in [5, 5.41) is 2.84. The lowest BCUT2D eigenvalue weighted by Crippen LogP contribution is -2.38.